The number of hydrogen-bond acceptors (Lipinski definition) is 4. The molecule has 0 saturated carbocycles. The van der Waals surface area contributed by atoms with Crippen LogP contribution in [0.15, 0.2) is 77.7 Å². The van der Waals surface area contributed by atoms with E-state index in [9.17, 15) is 18.0 Å². The highest BCUT2D eigenvalue weighted by Gasteiger charge is 2.33. The molecule has 190 valence electrons. The number of likely N-dealkylation sites (N-methyl/N-ethyl adjacent to an activating group) is 1. The second kappa shape index (κ2) is 11.4. The minimum absolute atomic E-state index is 0.0857. The van der Waals surface area contributed by atoms with E-state index in [4.69, 9.17) is 0 Å². The number of nitrogens with one attached hydrogen (secondary N) is 1. The molecule has 0 saturated heterocycles. The van der Waals surface area contributed by atoms with Gasteiger partial charge in [-0.25, -0.2) is 8.42 Å². The predicted molar refractivity (Wildman–Crippen MR) is 142 cm³/mol. The van der Waals surface area contributed by atoms with Crippen LogP contribution in [0.25, 0.3) is 0 Å². The molecule has 7 nitrogen and oxygen atoms in total. The number of rotatable bonds is 9. The maximum atomic E-state index is 13.8. The van der Waals surface area contributed by atoms with E-state index in [2.05, 4.69) is 5.32 Å². The molecule has 0 aliphatic heterocycles. The topological polar surface area (TPSA) is 86.8 Å². The molecular formula is C28H33N3O4S. The first-order valence-electron chi connectivity index (χ1n) is 11.8. The number of benzene rings is 3. The van der Waals surface area contributed by atoms with Crippen molar-refractivity contribution in [3.8, 4) is 0 Å². The van der Waals surface area contributed by atoms with Crippen molar-refractivity contribution in [2.45, 2.75) is 45.2 Å². The Hall–Kier alpha value is -3.65. The highest BCUT2D eigenvalue weighted by Crippen LogP contribution is 2.28. The van der Waals surface area contributed by atoms with Crippen molar-refractivity contribution < 1.29 is 18.0 Å². The summed E-state index contributed by atoms with van der Waals surface area (Å²) in [7, 11) is -2.55. The second-order valence-electron chi connectivity index (χ2n) is 8.85. The number of nitrogens with zero attached hydrogens (tertiary/aromatic N) is 2. The van der Waals surface area contributed by atoms with Gasteiger partial charge in [-0.3, -0.25) is 13.9 Å². The Morgan fingerprint density at radius 1 is 0.889 bits per heavy atom. The Bertz CT molecular complexity index is 1340. The first-order chi connectivity index (χ1) is 17.1. The molecule has 0 aliphatic rings. The molecule has 0 spiro atoms. The quantitative estimate of drug-likeness (QED) is 0.475. The highest BCUT2D eigenvalue weighted by molar-refractivity contribution is 7.92. The molecule has 3 rings (SSSR count). The molecular weight excluding hydrogens is 474 g/mol. The van der Waals surface area contributed by atoms with Crippen LogP contribution >= 0.6 is 0 Å². The summed E-state index contributed by atoms with van der Waals surface area (Å²) in [5, 5.41) is 2.59. The second-order valence-corrected chi connectivity index (χ2v) is 10.7. The normalized spacial score (nSPS) is 12.0. The zero-order valence-corrected chi connectivity index (χ0v) is 22.2. The molecule has 1 atom stereocenters. The van der Waals surface area contributed by atoms with Gasteiger partial charge in [0.2, 0.25) is 11.8 Å². The third-order valence-corrected chi connectivity index (χ3v) is 8.02. The summed E-state index contributed by atoms with van der Waals surface area (Å²) in [6, 6.07) is 20.3. The van der Waals surface area contributed by atoms with Gasteiger partial charge in [0.1, 0.15) is 12.6 Å². The number of aryl methyl sites for hydroxylation is 3. The molecule has 3 aromatic rings. The Morgan fingerprint density at radius 3 is 2.14 bits per heavy atom. The average molecular weight is 508 g/mol. The zero-order valence-electron chi connectivity index (χ0n) is 21.4. The van der Waals surface area contributed by atoms with Crippen molar-refractivity contribution in [1.82, 2.24) is 10.2 Å². The summed E-state index contributed by atoms with van der Waals surface area (Å²) in [4.78, 5) is 27.9. The standard InChI is InChI=1S/C28H33N3O4S/c1-20-15-16-26(22(3)17-20)31(36(34,35)25-13-7-6-8-14-25)19-27(32)30(23(4)28(33)29-5)18-24-12-10-9-11-21(24)2/h6-17,23H,18-19H2,1-5H3,(H,29,33). The van der Waals surface area contributed by atoms with E-state index >= 15 is 0 Å². The number of amides is 2. The van der Waals surface area contributed by atoms with E-state index in [1.807, 2.05) is 57.2 Å². The number of sulfonamides is 1. The monoisotopic (exact) mass is 507 g/mol. The number of carbonyl (C=O) groups excluding carboxylic acids is 2. The van der Waals surface area contributed by atoms with Gasteiger partial charge in [-0.2, -0.15) is 0 Å². The van der Waals surface area contributed by atoms with Crippen LogP contribution in [0.5, 0.6) is 0 Å². The van der Waals surface area contributed by atoms with E-state index in [1.165, 1.54) is 24.1 Å². The van der Waals surface area contributed by atoms with E-state index in [0.717, 1.165) is 26.6 Å². The van der Waals surface area contributed by atoms with Crippen LogP contribution < -0.4 is 9.62 Å². The predicted octanol–water partition coefficient (Wildman–Crippen LogP) is 3.97. The van der Waals surface area contributed by atoms with Crippen LogP contribution in [0.1, 0.15) is 29.2 Å². The van der Waals surface area contributed by atoms with Crippen molar-refractivity contribution in [3.63, 3.8) is 0 Å². The van der Waals surface area contributed by atoms with Gasteiger partial charge in [0.25, 0.3) is 10.0 Å². The fourth-order valence-electron chi connectivity index (χ4n) is 4.08. The molecule has 0 fully saturated rings. The zero-order chi connectivity index (χ0) is 26.5. The van der Waals surface area contributed by atoms with Gasteiger partial charge in [0.05, 0.1) is 10.6 Å². The molecule has 0 heterocycles. The molecule has 0 aromatic heterocycles. The summed E-state index contributed by atoms with van der Waals surface area (Å²) >= 11 is 0. The van der Waals surface area contributed by atoms with E-state index < -0.39 is 28.5 Å². The highest BCUT2D eigenvalue weighted by atomic mass is 32.2. The maximum Gasteiger partial charge on any atom is 0.264 e. The Balaban J connectivity index is 2.07. The van der Waals surface area contributed by atoms with Crippen LogP contribution in [0, 0.1) is 20.8 Å². The molecule has 3 aromatic carbocycles. The summed E-state index contributed by atoms with van der Waals surface area (Å²) in [6.45, 7) is 7.04. The maximum absolute atomic E-state index is 13.8. The minimum atomic E-state index is -4.07. The summed E-state index contributed by atoms with van der Waals surface area (Å²) in [5.74, 6) is -0.810. The van der Waals surface area contributed by atoms with Gasteiger partial charge in [-0.05, 0) is 62.6 Å². The lowest BCUT2D eigenvalue weighted by molar-refractivity contribution is -0.139. The third-order valence-electron chi connectivity index (χ3n) is 6.25. The van der Waals surface area contributed by atoms with Gasteiger partial charge >= 0.3 is 0 Å². The first kappa shape index (κ1) is 26.9. The van der Waals surface area contributed by atoms with Crippen molar-refractivity contribution >= 4 is 27.5 Å². The number of anilines is 1. The molecule has 0 aliphatic carbocycles. The van der Waals surface area contributed by atoms with Gasteiger partial charge in [0, 0.05) is 13.6 Å². The first-order valence-corrected chi connectivity index (χ1v) is 13.2. The van der Waals surface area contributed by atoms with E-state index in [0.29, 0.717) is 5.69 Å². The number of hydrogen-bond donors (Lipinski definition) is 1. The lowest BCUT2D eigenvalue weighted by Crippen LogP contribution is -2.50. The molecule has 0 bridgehead atoms. The molecule has 1 unspecified atom stereocenters. The van der Waals surface area contributed by atoms with E-state index in [-0.39, 0.29) is 17.3 Å². The third kappa shape index (κ3) is 5.94. The fraction of sp³-hybridized carbons (Fsp3) is 0.286. The van der Waals surface area contributed by atoms with Crippen molar-refractivity contribution in [1.29, 1.82) is 0 Å². The van der Waals surface area contributed by atoms with Crippen LogP contribution in [-0.2, 0) is 26.2 Å². The number of carbonyl (C=O) groups is 2. The lowest BCUT2D eigenvalue weighted by atomic mass is 10.1. The van der Waals surface area contributed by atoms with Crippen molar-refractivity contribution in [2.75, 3.05) is 17.9 Å². The van der Waals surface area contributed by atoms with Gasteiger partial charge in [0.15, 0.2) is 0 Å². The van der Waals surface area contributed by atoms with Crippen LogP contribution in [-0.4, -0.2) is 44.8 Å². The summed E-state index contributed by atoms with van der Waals surface area (Å²) in [5.41, 5.74) is 3.98. The molecule has 36 heavy (non-hydrogen) atoms. The van der Waals surface area contributed by atoms with E-state index in [1.54, 1.807) is 31.2 Å². The van der Waals surface area contributed by atoms with Gasteiger partial charge in [-0.1, -0.05) is 60.2 Å². The van der Waals surface area contributed by atoms with Gasteiger partial charge < -0.3 is 10.2 Å². The largest absolute Gasteiger partial charge is 0.357 e. The lowest BCUT2D eigenvalue weighted by Gasteiger charge is -2.32. The van der Waals surface area contributed by atoms with Crippen molar-refractivity contribution in [2.24, 2.45) is 0 Å². The average Bonchev–Trinajstić information content (AvgIpc) is 2.86. The SMILES string of the molecule is CNC(=O)C(C)N(Cc1ccccc1C)C(=O)CN(c1ccc(C)cc1C)S(=O)(=O)c1ccccc1. The van der Waals surface area contributed by atoms with Crippen LogP contribution in [0.4, 0.5) is 5.69 Å². The fourth-order valence-corrected chi connectivity index (χ4v) is 5.58. The molecule has 0 radical (unpaired) electrons. The minimum Gasteiger partial charge on any atom is -0.357 e. The van der Waals surface area contributed by atoms with Crippen LogP contribution in [0.2, 0.25) is 0 Å². The molecule has 2 amide bonds. The summed E-state index contributed by atoms with van der Waals surface area (Å²) < 4.78 is 28.7. The van der Waals surface area contributed by atoms with Crippen LogP contribution in [0.3, 0.4) is 0 Å². The Labute approximate surface area is 213 Å². The molecule has 1 N–H and O–H groups in total. The van der Waals surface area contributed by atoms with Crippen molar-refractivity contribution in [3.05, 3.63) is 95.1 Å². The summed E-state index contributed by atoms with van der Waals surface area (Å²) in [6.07, 6.45) is 0. The Morgan fingerprint density at radius 2 is 1.53 bits per heavy atom. The molecule has 8 heteroatoms. The smallest absolute Gasteiger partial charge is 0.264 e. The Kier molecular flexibility index (Phi) is 8.53. The van der Waals surface area contributed by atoms with Gasteiger partial charge in [-0.15, -0.1) is 0 Å².